The number of aryl methyl sites for hydroxylation is 1. The zero-order chi connectivity index (χ0) is 19.9. The van der Waals surface area contributed by atoms with Gasteiger partial charge >= 0.3 is 0 Å². The van der Waals surface area contributed by atoms with Crippen LogP contribution >= 0.6 is 35.4 Å². The summed E-state index contributed by atoms with van der Waals surface area (Å²) in [5, 5.41) is 2.99. The molecule has 1 N–H and O–H groups in total. The molecule has 0 unspecified atom stereocenters. The standard InChI is InChI=1S/C19H17Cl2N3O2S/c1-4-23-10(2)8-12(11(23)3)9-13-17(25)22-19(27)24(18(13)26)15-7-5-6-14(20)16(15)21/h5-9H,4H2,1-3H3,(H,22,25,27)/b13-9-. The fraction of sp³-hybridized carbons (Fsp3) is 0.211. The predicted octanol–water partition coefficient (Wildman–Crippen LogP) is 4.26. The number of anilines is 1. The highest BCUT2D eigenvalue weighted by Crippen LogP contribution is 2.34. The van der Waals surface area contributed by atoms with Crippen LogP contribution in [0, 0.1) is 13.8 Å². The van der Waals surface area contributed by atoms with Gasteiger partial charge in [-0.3, -0.25) is 19.8 Å². The fourth-order valence-corrected chi connectivity index (χ4v) is 3.81. The number of nitrogens with zero attached hydrogens (tertiary/aromatic N) is 2. The van der Waals surface area contributed by atoms with Crippen LogP contribution in [0.15, 0.2) is 29.8 Å². The van der Waals surface area contributed by atoms with Crippen LogP contribution in [0.4, 0.5) is 5.69 Å². The first-order chi connectivity index (χ1) is 12.8. The SMILES string of the molecule is CCn1c(C)cc(/C=C2/C(=O)NC(=S)N(c3cccc(Cl)c3Cl)C2=O)c1C. The second-order valence-corrected chi connectivity index (χ2v) is 7.27. The molecule has 3 rings (SSSR count). The number of rotatable bonds is 3. The molecule has 27 heavy (non-hydrogen) atoms. The summed E-state index contributed by atoms with van der Waals surface area (Å²) in [7, 11) is 0. The zero-order valence-electron chi connectivity index (χ0n) is 15.0. The summed E-state index contributed by atoms with van der Waals surface area (Å²) < 4.78 is 2.11. The van der Waals surface area contributed by atoms with Crippen molar-refractivity contribution < 1.29 is 9.59 Å². The highest BCUT2D eigenvalue weighted by Gasteiger charge is 2.35. The third-order valence-electron chi connectivity index (χ3n) is 4.50. The molecule has 1 aliphatic rings. The normalized spacial score (nSPS) is 16.3. The summed E-state index contributed by atoms with van der Waals surface area (Å²) in [6.07, 6.45) is 1.58. The highest BCUT2D eigenvalue weighted by atomic mass is 35.5. The van der Waals surface area contributed by atoms with E-state index in [1.165, 1.54) is 4.90 Å². The van der Waals surface area contributed by atoms with Crippen LogP contribution < -0.4 is 10.2 Å². The molecule has 5 nitrogen and oxygen atoms in total. The van der Waals surface area contributed by atoms with E-state index in [-0.39, 0.29) is 15.7 Å². The van der Waals surface area contributed by atoms with Gasteiger partial charge in [-0.25, -0.2) is 0 Å². The van der Waals surface area contributed by atoms with E-state index < -0.39 is 11.8 Å². The van der Waals surface area contributed by atoms with Crippen LogP contribution in [0.2, 0.25) is 10.0 Å². The zero-order valence-corrected chi connectivity index (χ0v) is 17.3. The van der Waals surface area contributed by atoms with Gasteiger partial charge in [0.1, 0.15) is 5.57 Å². The molecule has 2 aromatic rings. The molecule has 1 saturated heterocycles. The minimum absolute atomic E-state index is 0.0176. The van der Waals surface area contributed by atoms with Crippen molar-refractivity contribution in [1.82, 2.24) is 9.88 Å². The van der Waals surface area contributed by atoms with E-state index in [4.69, 9.17) is 35.4 Å². The Labute approximate surface area is 172 Å². The first-order valence-corrected chi connectivity index (χ1v) is 9.44. The van der Waals surface area contributed by atoms with E-state index in [0.717, 1.165) is 23.5 Å². The maximum Gasteiger partial charge on any atom is 0.270 e. The molecule has 2 amide bonds. The summed E-state index contributed by atoms with van der Waals surface area (Å²) >= 11 is 17.5. The van der Waals surface area contributed by atoms with Gasteiger partial charge in [0.2, 0.25) is 0 Å². The predicted molar refractivity (Wildman–Crippen MR) is 112 cm³/mol. The molecule has 0 radical (unpaired) electrons. The topological polar surface area (TPSA) is 54.3 Å². The molecule has 0 bridgehead atoms. The summed E-state index contributed by atoms with van der Waals surface area (Å²) in [5.74, 6) is -1.09. The first kappa shape index (κ1) is 19.6. The lowest BCUT2D eigenvalue weighted by molar-refractivity contribution is -0.122. The average Bonchev–Trinajstić information content (AvgIpc) is 2.88. The number of aromatic nitrogens is 1. The van der Waals surface area contributed by atoms with Crippen LogP contribution in [-0.2, 0) is 16.1 Å². The van der Waals surface area contributed by atoms with Gasteiger partial charge < -0.3 is 4.57 Å². The molecule has 2 heterocycles. The van der Waals surface area contributed by atoms with Gasteiger partial charge in [-0.2, -0.15) is 0 Å². The number of carbonyl (C=O) groups excluding carboxylic acids is 2. The Kier molecular flexibility index (Phi) is 5.42. The molecular weight excluding hydrogens is 405 g/mol. The quantitative estimate of drug-likeness (QED) is 0.457. The molecule has 1 aromatic carbocycles. The van der Waals surface area contributed by atoms with Crippen molar-refractivity contribution in [1.29, 1.82) is 0 Å². The van der Waals surface area contributed by atoms with E-state index in [1.54, 1.807) is 24.3 Å². The van der Waals surface area contributed by atoms with Gasteiger partial charge in [-0.05, 0) is 62.8 Å². The van der Waals surface area contributed by atoms with Gasteiger partial charge in [0.05, 0.1) is 15.7 Å². The van der Waals surface area contributed by atoms with Crippen molar-refractivity contribution in [2.24, 2.45) is 0 Å². The Morgan fingerprint density at radius 1 is 1.22 bits per heavy atom. The minimum atomic E-state index is -0.547. The summed E-state index contributed by atoms with van der Waals surface area (Å²) in [4.78, 5) is 26.7. The van der Waals surface area contributed by atoms with Gasteiger partial charge in [0, 0.05) is 17.9 Å². The van der Waals surface area contributed by atoms with Gasteiger partial charge in [-0.15, -0.1) is 0 Å². The average molecular weight is 422 g/mol. The van der Waals surface area contributed by atoms with Crippen molar-refractivity contribution in [3.05, 3.63) is 56.8 Å². The van der Waals surface area contributed by atoms with Gasteiger partial charge in [-0.1, -0.05) is 29.3 Å². The van der Waals surface area contributed by atoms with Crippen molar-refractivity contribution >= 4 is 64.1 Å². The maximum absolute atomic E-state index is 13.1. The second kappa shape index (κ2) is 7.46. The van der Waals surface area contributed by atoms with E-state index in [9.17, 15) is 9.59 Å². The largest absolute Gasteiger partial charge is 0.349 e. The summed E-state index contributed by atoms with van der Waals surface area (Å²) in [6.45, 7) is 6.77. The third kappa shape index (κ3) is 3.40. The Morgan fingerprint density at radius 2 is 1.93 bits per heavy atom. The Balaban J connectivity index is 2.09. The number of thiocarbonyl (C=S) groups is 1. The highest BCUT2D eigenvalue weighted by molar-refractivity contribution is 7.80. The van der Waals surface area contributed by atoms with E-state index in [1.807, 2.05) is 26.8 Å². The van der Waals surface area contributed by atoms with Crippen LogP contribution in [0.3, 0.4) is 0 Å². The van der Waals surface area contributed by atoms with E-state index in [2.05, 4.69) is 9.88 Å². The number of halogens is 2. The van der Waals surface area contributed by atoms with Crippen LogP contribution in [0.5, 0.6) is 0 Å². The molecular formula is C19H17Cl2N3O2S. The number of nitrogens with one attached hydrogen (secondary N) is 1. The third-order valence-corrected chi connectivity index (χ3v) is 5.60. The molecule has 0 spiro atoms. The number of hydrogen-bond donors (Lipinski definition) is 1. The van der Waals surface area contributed by atoms with Crippen LogP contribution in [0.25, 0.3) is 6.08 Å². The number of benzene rings is 1. The number of carbonyl (C=O) groups is 2. The van der Waals surface area contributed by atoms with Crippen LogP contribution in [0.1, 0.15) is 23.9 Å². The lowest BCUT2D eigenvalue weighted by atomic mass is 10.1. The minimum Gasteiger partial charge on any atom is -0.349 e. The van der Waals surface area contributed by atoms with Crippen molar-refractivity contribution in [3.63, 3.8) is 0 Å². The van der Waals surface area contributed by atoms with Gasteiger partial charge in [0.15, 0.2) is 5.11 Å². The number of amides is 2. The summed E-state index contributed by atoms with van der Waals surface area (Å²) in [6, 6.07) is 6.83. The fourth-order valence-electron chi connectivity index (χ4n) is 3.16. The lowest BCUT2D eigenvalue weighted by Crippen LogP contribution is -2.54. The van der Waals surface area contributed by atoms with Crippen molar-refractivity contribution in [2.75, 3.05) is 4.90 Å². The molecule has 1 aromatic heterocycles. The van der Waals surface area contributed by atoms with Crippen molar-refractivity contribution in [3.8, 4) is 0 Å². The first-order valence-electron chi connectivity index (χ1n) is 8.28. The Morgan fingerprint density at radius 3 is 2.56 bits per heavy atom. The van der Waals surface area contributed by atoms with Gasteiger partial charge in [0.25, 0.3) is 11.8 Å². The Hall–Kier alpha value is -2.15. The summed E-state index contributed by atoms with van der Waals surface area (Å²) in [5.41, 5.74) is 3.14. The monoisotopic (exact) mass is 421 g/mol. The van der Waals surface area contributed by atoms with E-state index in [0.29, 0.717) is 10.7 Å². The molecule has 0 aliphatic carbocycles. The molecule has 1 fully saturated rings. The molecule has 8 heteroatoms. The second-order valence-electron chi connectivity index (χ2n) is 6.10. The molecule has 1 aliphatic heterocycles. The van der Waals surface area contributed by atoms with Crippen molar-refractivity contribution in [2.45, 2.75) is 27.3 Å². The lowest BCUT2D eigenvalue weighted by Gasteiger charge is -2.29. The maximum atomic E-state index is 13.1. The van der Waals surface area contributed by atoms with E-state index >= 15 is 0 Å². The Bertz CT molecular complexity index is 1010. The van der Waals surface area contributed by atoms with Crippen LogP contribution in [-0.4, -0.2) is 21.5 Å². The molecule has 140 valence electrons. The molecule has 0 atom stereocenters. The number of hydrogen-bond acceptors (Lipinski definition) is 3. The molecule has 0 saturated carbocycles. The smallest absolute Gasteiger partial charge is 0.270 e.